The summed E-state index contributed by atoms with van der Waals surface area (Å²) in [7, 11) is 0. The van der Waals surface area contributed by atoms with E-state index in [0.29, 0.717) is 25.7 Å². The molecular weight excluding hydrogens is 392 g/mol. The predicted octanol–water partition coefficient (Wildman–Crippen LogP) is 1.74. The first kappa shape index (κ1) is 20.0. The predicted molar refractivity (Wildman–Crippen MR) is 101 cm³/mol. The van der Waals surface area contributed by atoms with E-state index in [2.05, 4.69) is 0 Å². The van der Waals surface area contributed by atoms with Gasteiger partial charge in [-0.05, 0) is 37.2 Å². The van der Waals surface area contributed by atoms with E-state index in [1.54, 1.807) is 18.6 Å². The number of aliphatic hydroxyl groups excluding tert-OH is 2. The standard InChI is InChI=1S/C22H28O8/c1-12-7-18(25)21(10-28-13(2)23)16(3-4-17(24)22(21)11-29-22)20(12)8-15(30-19(20)26)14-5-6-27-9-14/h5-6,9,12,15-18,24-25H,3-4,7-8,10-11H2,1-2H3/t12-,15-,16+,17-,18+,20-,21-,22+/m1/s1. The van der Waals surface area contributed by atoms with Crippen LogP contribution in [0.2, 0.25) is 0 Å². The molecule has 2 saturated heterocycles. The first-order valence-electron chi connectivity index (χ1n) is 10.6. The zero-order valence-corrected chi connectivity index (χ0v) is 17.2. The number of esters is 2. The van der Waals surface area contributed by atoms with Gasteiger partial charge in [-0.1, -0.05) is 6.92 Å². The largest absolute Gasteiger partial charge is 0.472 e. The van der Waals surface area contributed by atoms with Gasteiger partial charge in [-0.25, -0.2) is 0 Å². The Kier molecular flexibility index (Phi) is 4.37. The lowest BCUT2D eigenvalue weighted by molar-refractivity contribution is -0.237. The van der Waals surface area contributed by atoms with Crippen molar-refractivity contribution in [2.75, 3.05) is 13.2 Å². The maximum atomic E-state index is 13.5. The minimum absolute atomic E-state index is 0.0939. The molecule has 8 atom stereocenters. The van der Waals surface area contributed by atoms with Crippen LogP contribution in [0.3, 0.4) is 0 Å². The topological polar surface area (TPSA) is 119 Å². The van der Waals surface area contributed by atoms with E-state index < -0.39 is 40.7 Å². The number of carbonyl (C=O) groups excluding carboxylic acids is 2. The van der Waals surface area contributed by atoms with Crippen LogP contribution in [0, 0.1) is 22.7 Å². The number of cyclic esters (lactones) is 1. The van der Waals surface area contributed by atoms with E-state index in [4.69, 9.17) is 18.6 Å². The first-order valence-corrected chi connectivity index (χ1v) is 10.6. The fourth-order valence-electron chi connectivity index (χ4n) is 6.83. The van der Waals surface area contributed by atoms with E-state index in [9.17, 15) is 19.8 Å². The molecule has 4 aliphatic rings. The van der Waals surface area contributed by atoms with Gasteiger partial charge >= 0.3 is 11.9 Å². The van der Waals surface area contributed by atoms with Crippen molar-refractivity contribution in [3.63, 3.8) is 0 Å². The number of fused-ring (bicyclic) bond motifs is 3. The van der Waals surface area contributed by atoms with E-state index >= 15 is 0 Å². The zero-order chi connectivity index (χ0) is 21.3. The number of hydrogen-bond acceptors (Lipinski definition) is 8. The number of hydrogen-bond donors (Lipinski definition) is 2. The highest BCUT2D eigenvalue weighted by atomic mass is 16.6. The number of ether oxygens (including phenoxy) is 3. The van der Waals surface area contributed by atoms with Crippen LogP contribution in [-0.2, 0) is 23.8 Å². The number of furan rings is 1. The molecule has 5 rings (SSSR count). The Morgan fingerprint density at radius 3 is 2.70 bits per heavy atom. The summed E-state index contributed by atoms with van der Waals surface area (Å²) >= 11 is 0. The first-order chi connectivity index (χ1) is 14.3. The van der Waals surface area contributed by atoms with Crippen LogP contribution < -0.4 is 0 Å². The second-order valence-electron chi connectivity index (χ2n) is 9.49. The molecule has 0 radical (unpaired) electrons. The molecule has 0 bridgehead atoms. The molecule has 1 aromatic heterocycles. The Morgan fingerprint density at radius 1 is 1.30 bits per heavy atom. The van der Waals surface area contributed by atoms with Gasteiger partial charge in [-0.2, -0.15) is 0 Å². The summed E-state index contributed by atoms with van der Waals surface area (Å²) in [5, 5.41) is 22.2. The summed E-state index contributed by atoms with van der Waals surface area (Å²) in [6, 6.07) is 1.79. The molecule has 8 heteroatoms. The molecule has 2 N–H and O–H groups in total. The molecule has 0 unspecified atom stereocenters. The van der Waals surface area contributed by atoms with E-state index in [0.717, 1.165) is 5.56 Å². The molecule has 164 valence electrons. The average Bonchev–Trinajstić information content (AvgIpc) is 3.16. The lowest BCUT2D eigenvalue weighted by atomic mass is 9.42. The molecule has 4 fully saturated rings. The van der Waals surface area contributed by atoms with E-state index in [1.165, 1.54) is 6.92 Å². The van der Waals surface area contributed by atoms with Gasteiger partial charge in [-0.15, -0.1) is 0 Å². The normalized spacial score (nSPS) is 47.2. The van der Waals surface area contributed by atoms with Crippen LogP contribution in [0.25, 0.3) is 0 Å². The van der Waals surface area contributed by atoms with Crippen molar-refractivity contribution in [1.29, 1.82) is 0 Å². The molecule has 30 heavy (non-hydrogen) atoms. The molecular formula is C22H28O8. The van der Waals surface area contributed by atoms with Gasteiger partial charge < -0.3 is 28.8 Å². The molecule has 2 aliphatic carbocycles. The van der Waals surface area contributed by atoms with Gasteiger partial charge in [0.1, 0.15) is 18.3 Å². The zero-order valence-electron chi connectivity index (χ0n) is 17.2. The summed E-state index contributed by atoms with van der Waals surface area (Å²) in [5.74, 6) is -1.25. The van der Waals surface area contributed by atoms with Gasteiger partial charge in [-0.3, -0.25) is 9.59 Å². The van der Waals surface area contributed by atoms with E-state index in [-0.39, 0.29) is 31.0 Å². The molecule has 2 saturated carbocycles. The summed E-state index contributed by atoms with van der Waals surface area (Å²) in [6.45, 7) is 3.47. The highest BCUT2D eigenvalue weighted by molar-refractivity contribution is 5.81. The smallest absolute Gasteiger partial charge is 0.313 e. The SMILES string of the molecule is CC(=O)OC[C@]12[C@@H](O)C[C@@H](C)[C@]3(C[C@H](c4ccoc4)OC3=O)[C@@H]1CC[C@@H](O)[C@@]21CO1. The Bertz CT molecular complexity index is 845. The maximum absolute atomic E-state index is 13.5. The third-order valence-corrected chi connectivity index (χ3v) is 8.39. The van der Waals surface area contributed by atoms with Crippen molar-refractivity contribution in [2.45, 2.75) is 63.4 Å². The molecule has 8 nitrogen and oxygen atoms in total. The number of aliphatic hydroxyl groups is 2. The van der Waals surface area contributed by atoms with Gasteiger partial charge in [0, 0.05) is 18.9 Å². The van der Waals surface area contributed by atoms with Crippen LogP contribution in [0.1, 0.15) is 51.2 Å². The quantitative estimate of drug-likeness (QED) is 0.561. The van der Waals surface area contributed by atoms with E-state index in [1.807, 2.05) is 6.92 Å². The molecule has 0 amide bonds. The van der Waals surface area contributed by atoms with Gasteiger partial charge in [0.25, 0.3) is 0 Å². The van der Waals surface area contributed by atoms with Crippen LogP contribution in [0.15, 0.2) is 23.0 Å². The molecule has 1 aromatic rings. The monoisotopic (exact) mass is 420 g/mol. The number of rotatable bonds is 3. The van der Waals surface area contributed by atoms with Gasteiger partial charge in [0.2, 0.25) is 0 Å². The molecule has 2 spiro atoms. The fraction of sp³-hybridized carbons (Fsp3) is 0.727. The average molecular weight is 420 g/mol. The van der Waals surface area contributed by atoms with Gasteiger partial charge in [0.15, 0.2) is 0 Å². The van der Waals surface area contributed by atoms with Crippen LogP contribution >= 0.6 is 0 Å². The Labute approximate surface area is 174 Å². The van der Waals surface area contributed by atoms with Gasteiger partial charge in [0.05, 0.1) is 42.2 Å². The third-order valence-electron chi connectivity index (χ3n) is 8.39. The third kappa shape index (κ3) is 2.38. The Hall–Kier alpha value is -1.90. The van der Waals surface area contributed by atoms with Crippen molar-refractivity contribution in [3.8, 4) is 0 Å². The summed E-state index contributed by atoms with van der Waals surface area (Å²) in [6.07, 6.45) is 2.81. The molecule has 0 aromatic carbocycles. The second kappa shape index (κ2) is 6.55. The van der Waals surface area contributed by atoms with Crippen molar-refractivity contribution in [3.05, 3.63) is 24.2 Å². The Balaban J connectivity index is 1.61. The lowest BCUT2D eigenvalue weighted by Crippen LogP contribution is -2.70. The second-order valence-corrected chi connectivity index (χ2v) is 9.49. The van der Waals surface area contributed by atoms with Crippen LogP contribution in [0.4, 0.5) is 0 Å². The van der Waals surface area contributed by atoms with Crippen molar-refractivity contribution >= 4 is 11.9 Å². The van der Waals surface area contributed by atoms with Crippen molar-refractivity contribution in [2.24, 2.45) is 22.7 Å². The minimum atomic E-state index is -1.06. The van der Waals surface area contributed by atoms with Crippen molar-refractivity contribution in [1.82, 2.24) is 0 Å². The molecule has 3 heterocycles. The number of carbonyl (C=O) groups is 2. The molecule has 2 aliphatic heterocycles. The fourth-order valence-corrected chi connectivity index (χ4v) is 6.83. The summed E-state index contributed by atoms with van der Waals surface area (Å²) in [4.78, 5) is 25.2. The maximum Gasteiger partial charge on any atom is 0.313 e. The highest BCUT2D eigenvalue weighted by Gasteiger charge is 2.79. The van der Waals surface area contributed by atoms with Crippen molar-refractivity contribution < 1.29 is 38.4 Å². The van der Waals surface area contributed by atoms with Crippen LogP contribution in [-0.4, -0.2) is 53.2 Å². The number of epoxide rings is 1. The lowest BCUT2D eigenvalue weighted by Gasteiger charge is -2.61. The Morgan fingerprint density at radius 2 is 2.07 bits per heavy atom. The van der Waals surface area contributed by atoms with Crippen LogP contribution in [0.5, 0.6) is 0 Å². The minimum Gasteiger partial charge on any atom is -0.472 e. The summed E-state index contributed by atoms with van der Waals surface area (Å²) < 4.78 is 22.3. The summed E-state index contributed by atoms with van der Waals surface area (Å²) in [5.41, 5.74) is -2.13. The highest BCUT2D eigenvalue weighted by Crippen LogP contribution is 2.70.